The number of hydrogen-bond acceptors (Lipinski definition) is 1. The van der Waals surface area contributed by atoms with E-state index in [1.165, 1.54) is 0 Å². The molecule has 0 aliphatic heterocycles. The quantitative estimate of drug-likeness (QED) is 0.400. The summed E-state index contributed by atoms with van der Waals surface area (Å²) in [6, 6.07) is 0. The third kappa shape index (κ3) is 9.17. The molecule has 0 spiro atoms. The van der Waals surface area contributed by atoms with Crippen LogP contribution in [0.25, 0.3) is 0 Å². The molecule has 0 radical (unpaired) electrons. The van der Waals surface area contributed by atoms with Crippen LogP contribution in [-0.2, 0) is 4.79 Å². The van der Waals surface area contributed by atoms with E-state index in [9.17, 15) is 4.79 Å². The molecule has 0 aliphatic rings. The Morgan fingerprint density at radius 1 is 1.27 bits per heavy atom. The van der Waals surface area contributed by atoms with Crippen LogP contribution in [-0.4, -0.2) is 19.1 Å². The molecular formula is C8H14O2Si. The Labute approximate surface area is 68.3 Å². The van der Waals surface area contributed by atoms with Crippen molar-refractivity contribution in [3.05, 3.63) is 23.9 Å². The highest BCUT2D eigenvalue weighted by Crippen LogP contribution is 2.01. The normalized spacial score (nSPS) is 13.0. The van der Waals surface area contributed by atoms with Gasteiger partial charge in [-0.25, -0.2) is 4.79 Å². The van der Waals surface area contributed by atoms with Crippen LogP contribution >= 0.6 is 0 Å². The monoisotopic (exact) mass is 170 g/mol. The number of rotatable bonds is 3. The van der Waals surface area contributed by atoms with Crippen molar-refractivity contribution in [2.24, 2.45) is 0 Å². The molecule has 0 aromatic heterocycles. The van der Waals surface area contributed by atoms with E-state index in [0.29, 0.717) is 0 Å². The Kier molecular flexibility index (Phi) is 3.82. The Balaban J connectivity index is 3.88. The Bertz CT molecular complexity index is 187. The van der Waals surface area contributed by atoms with E-state index in [0.717, 1.165) is 6.08 Å². The second kappa shape index (κ2) is 4.13. The first-order valence-electron chi connectivity index (χ1n) is 3.51. The van der Waals surface area contributed by atoms with Gasteiger partial charge >= 0.3 is 5.97 Å². The third-order valence-corrected chi connectivity index (χ3v) is 2.14. The molecule has 0 saturated carbocycles. The van der Waals surface area contributed by atoms with Crippen LogP contribution in [0.4, 0.5) is 0 Å². The summed E-state index contributed by atoms with van der Waals surface area (Å²) in [4.78, 5) is 10.0. The lowest BCUT2D eigenvalue weighted by atomic mass is 10.5. The lowest BCUT2D eigenvalue weighted by molar-refractivity contribution is -0.131. The summed E-state index contributed by atoms with van der Waals surface area (Å²) in [5.41, 5.74) is 2.09. The fourth-order valence-electron chi connectivity index (χ4n) is 0.482. The maximum Gasteiger partial charge on any atom is 0.328 e. The molecule has 0 fully saturated rings. The first-order chi connectivity index (χ1) is 4.92. The molecule has 0 rings (SSSR count). The molecule has 0 amide bonds. The van der Waals surface area contributed by atoms with Crippen molar-refractivity contribution in [1.29, 1.82) is 0 Å². The summed E-state index contributed by atoms with van der Waals surface area (Å²) < 4.78 is 0. The highest BCUT2D eigenvalue weighted by molar-refractivity contribution is 6.80. The largest absolute Gasteiger partial charge is 0.478 e. The smallest absolute Gasteiger partial charge is 0.328 e. The number of carboxylic acid groups (broad SMARTS) is 1. The van der Waals surface area contributed by atoms with Crippen LogP contribution in [0.2, 0.25) is 19.6 Å². The molecule has 1 N–H and O–H groups in total. The summed E-state index contributed by atoms with van der Waals surface area (Å²) >= 11 is 0. The number of allylic oxidation sites excluding steroid dienone is 2. The van der Waals surface area contributed by atoms with Crippen LogP contribution in [0, 0.1) is 0 Å². The standard InChI is InChI=1S/C8H14O2Si/c1-11(2,3)7-5-4-6-8(9)10/h4-7H,1-3H3,(H,9,10)/b6-4+,7-5+. The van der Waals surface area contributed by atoms with E-state index in [2.05, 4.69) is 25.3 Å². The van der Waals surface area contributed by atoms with Crippen LogP contribution in [0.1, 0.15) is 0 Å². The minimum absolute atomic E-state index is 0.898. The second-order valence-electron chi connectivity index (χ2n) is 3.42. The van der Waals surface area contributed by atoms with Gasteiger partial charge < -0.3 is 5.11 Å². The van der Waals surface area contributed by atoms with E-state index < -0.39 is 14.0 Å². The van der Waals surface area contributed by atoms with Crippen LogP contribution in [0.3, 0.4) is 0 Å². The average molecular weight is 170 g/mol. The zero-order valence-corrected chi connectivity index (χ0v) is 8.16. The third-order valence-electron chi connectivity index (χ3n) is 0.946. The van der Waals surface area contributed by atoms with Crippen molar-refractivity contribution in [3.8, 4) is 0 Å². The Morgan fingerprint density at radius 3 is 2.18 bits per heavy atom. The van der Waals surface area contributed by atoms with E-state index >= 15 is 0 Å². The fraction of sp³-hybridized carbons (Fsp3) is 0.375. The molecule has 0 saturated heterocycles. The summed E-state index contributed by atoms with van der Waals surface area (Å²) in [7, 11) is -1.15. The molecule has 62 valence electrons. The molecule has 0 aliphatic carbocycles. The minimum Gasteiger partial charge on any atom is -0.478 e. The Hall–Kier alpha value is -0.833. The van der Waals surface area contributed by atoms with Gasteiger partial charge in [0.1, 0.15) is 0 Å². The molecule has 2 nitrogen and oxygen atoms in total. The maximum atomic E-state index is 10.0. The summed E-state index contributed by atoms with van der Waals surface area (Å²) in [6.07, 6.45) is 4.50. The van der Waals surface area contributed by atoms with Gasteiger partial charge in [0, 0.05) is 6.08 Å². The van der Waals surface area contributed by atoms with E-state index in [-0.39, 0.29) is 0 Å². The van der Waals surface area contributed by atoms with Crippen LogP contribution < -0.4 is 0 Å². The topological polar surface area (TPSA) is 37.3 Å². The number of aliphatic carboxylic acids is 1. The van der Waals surface area contributed by atoms with Crippen molar-refractivity contribution >= 4 is 14.0 Å². The van der Waals surface area contributed by atoms with Crippen molar-refractivity contribution in [3.63, 3.8) is 0 Å². The minimum atomic E-state index is -1.15. The van der Waals surface area contributed by atoms with Gasteiger partial charge in [0.15, 0.2) is 0 Å². The zero-order chi connectivity index (χ0) is 8.91. The first-order valence-corrected chi connectivity index (χ1v) is 7.08. The summed E-state index contributed by atoms with van der Waals surface area (Å²) in [5, 5.41) is 8.23. The van der Waals surface area contributed by atoms with Gasteiger partial charge in [-0.3, -0.25) is 0 Å². The van der Waals surface area contributed by atoms with Crippen molar-refractivity contribution in [1.82, 2.24) is 0 Å². The molecule has 0 aromatic carbocycles. The highest BCUT2D eigenvalue weighted by Gasteiger charge is 2.05. The van der Waals surface area contributed by atoms with Gasteiger partial charge in [-0.15, -0.1) is 0 Å². The summed E-state index contributed by atoms with van der Waals surface area (Å²) in [5.74, 6) is -0.898. The van der Waals surface area contributed by atoms with Crippen LogP contribution in [0.15, 0.2) is 23.9 Å². The number of hydrogen-bond donors (Lipinski definition) is 1. The molecule has 0 aromatic rings. The Morgan fingerprint density at radius 2 is 1.82 bits per heavy atom. The SMILES string of the molecule is C[Si](C)(C)/C=C/C=C/C(=O)O. The van der Waals surface area contributed by atoms with Crippen molar-refractivity contribution < 1.29 is 9.90 Å². The van der Waals surface area contributed by atoms with E-state index in [1.807, 2.05) is 0 Å². The fourth-order valence-corrected chi connectivity index (χ4v) is 1.17. The van der Waals surface area contributed by atoms with Crippen molar-refractivity contribution in [2.75, 3.05) is 0 Å². The molecule has 0 heterocycles. The predicted molar refractivity (Wildman–Crippen MR) is 49.3 cm³/mol. The van der Waals surface area contributed by atoms with Gasteiger partial charge in [0.2, 0.25) is 0 Å². The number of carbonyl (C=O) groups is 1. The predicted octanol–water partition coefficient (Wildman–Crippen LogP) is 2.06. The first kappa shape index (κ1) is 10.2. The van der Waals surface area contributed by atoms with Gasteiger partial charge in [0.05, 0.1) is 8.07 Å². The lowest BCUT2D eigenvalue weighted by Crippen LogP contribution is -2.14. The van der Waals surface area contributed by atoms with Gasteiger partial charge in [-0.05, 0) is 0 Å². The van der Waals surface area contributed by atoms with E-state index in [1.54, 1.807) is 12.2 Å². The molecular weight excluding hydrogens is 156 g/mol. The average Bonchev–Trinajstić information content (AvgIpc) is 1.78. The van der Waals surface area contributed by atoms with Crippen molar-refractivity contribution in [2.45, 2.75) is 19.6 Å². The molecule has 0 bridgehead atoms. The molecule has 3 heteroatoms. The summed E-state index contributed by atoms with van der Waals surface area (Å²) in [6.45, 7) is 6.58. The lowest BCUT2D eigenvalue weighted by Gasteiger charge is -2.06. The van der Waals surface area contributed by atoms with Crippen LogP contribution in [0.5, 0.6) is 0 Å². The molecule has 0 atom stereocenters. The number of carboxylic acids is 1. The molecule has 0 unspecified atom stereocenters. The van der Waals surface area contributed by atoms with Gasteiger partial charge in [0.25, 0.3) is 0 Å². The highest BCUT2D eigenvalue weighted by atomic mass is 28.3. The van der Waals surface area contributed by atoms with Gasteiger partial charge in [-0.1, -0.05) is 37.5 Å². The van der Waals surface area contributed by atoms with E-state index in [4.69, 9.17) is 5.11 Å². The van der Waals surface area contributed by atoms with Gasteiger partial charge in [-0.2, -0.15) is 0 Å². The molecule has 11 heavy (non-hydrogen) atoms. The zero-order valence-electron chi connectivity index (χ0n) is 7.16. The second-order valence-corrected chi connectivity index (χ2v) is 8.49. The maximum absolute atomic E-state index is 10.0.